The Labute approximate surface area is 177 Å². The van der Waals surface area contributed by atoms with E-state index in [-0.39, 0.29) is 18.4 Å². The van der Waals surface area contributed by atoms with E-state index in [1.54, 1.807) is 18.2 Å². The second kappa shape index (κ2) is 10.3. The molecule has 3 rings (SSSR count). The quantitative estimate of drug-likeness (QED) is 0.508. The van der Waals surface area contributed by atoms with Gasteiger partial charge in [0.1, 0.15) is 0 Å². The van der Waals surface area contributed by atoms with Crippen molar-refractivity contribution >= 4 is 23.2 Å². The number of anilines is 2. The number of amides is 2. The molecule has 2 amide bonds. The lowest BCUT2D eigenvalue weighted by molar-refractivity contribution is -0.114. The van der Waals surface area contributed by atoms with E-state index < -0.39 is 0 Å². The summed E-state index contributed by atoms with van der Waals surface area (Å²) in [6.07, 6.45) is 0. The van der Waals surface area contributed by atoms with Crippen LogP contribution in [0.25, 0.3) is 0 Å². The van der Waals surface area contributed by atoms with Gasteiger partial charge >= 0.3 is 0 Å². The smallest absolute Gasteiger partial charge is 0.251 e. The van der Waals surface area contributed by atoms with Gasteiger partial charge in [-0.25, -0.2) is 0 Å². The van der Waals surface area contributed by atoms with Crippen LogP contribution in [0.1, 0.15) is 41.3 Å². The number of para-hydroxylation sites is 1. The molecule has 0 radical (unpaired) electrons. The second-order valence-corrected chi connectivity index (χ2v) is 7.39. The Morgan fingerprint density at radius 1 is 0.867 bits per heavy atom. The summed E-state index contributed by atoms with van der Waals surface area (Å²) in [5.74, 6) is 0.0281. The molecule has 3 N–H and O–H groups in total. The Balaban J connectivity index is 1.55. The number of carbonyl (C=O) groups is 2. The first-order valence-corrected chi connectivity index (χ1v) is 10.1. The lowest BCUT2D eigenvalue weighted by Crippen LogP contribution is -2.24. The fourth-order valence-electron chi connectivity index (χ4n) is 3.14. The number of hydrogen-bond donors (Lipinski definition) is 3. The van der Waals surface area contributed by atoms with Crippen LogP contribution in [0.5, 0.6) is 0 Å². The van der Waals surface area contributed by atoms with E-state index in [0.717, 1.165) is 22.5 Å². The van der Waals surface area contributed by atoms with E-state index in [0.29, 0.717) is 18.0 Å². The average molecular weight is 402 g/mol. The van der Waals surface area contributed by atoms with Crippen LogP contribution in [0.15, 0.2) is 78.9 Å². The van der Waals surface area contributed by atoms with Gasteiger partial charge in [-0.15, -0.1) is 0 Å². The molecule has 0 unspecified atom stereocenters. The van der Waals surface area contributed by atoms with E-state index in [1.165, 1.54) is 0 Å². The van der Waals surface area contributed by atoms with Crippen molar-refractivity contribution in [3.63, 3.8) is 0 Å². The summed E-state index contributed by atoms with van der Waals surface area (Å²) in [5, 5.41) is 8.96. The Morgan fingerprint density at radius 2 is 1.60 bits per heavy atom. The van der Waals surface area contributed by atoms with Gasteiger partial charge in [-0.2, -0.15) is 0 Å². The maximum atomic E-state index is 12.4. The zero-order valence-electron chi connectivity index (χ0n) is 17.3. The van der Waals surface area contributed by atoms with Crippen LogP contribution in [0.4, 0.5) is 11.4 Å². The lowest BCUT2D eigenvalue weighted by atomic mass is 10.0. The highest BCUT2D eigenvalue weighted by Crippen LogP contribution is 2.23. The Bertz CT molecular complexity index is 1000. The Kier molecular flexibility index (Phi) is 7.22. The monoisotopic (exact) mass is 401 g/mol. The molecule has 0 saturated heterocycles. The third-order valence-electron chi connectivity index (χ3n) is 4.73. The molecule has 0 saturated carbocycles. The first-order valence-electron chi connectivity index (χ1n) is 10.1. The van der Waals surface area contributed by atoms with Gasteiger partial charge in [0.15, 0.2) is 0 Å². The van der Waals surface area contributed by atoms with E-state index in [1.807, 2.05) is 60.7 Å². The fraction of sp³-hybridized carbons (Fsp3) is 0.200. The molecule has 0 fully saturated rings. The molecule has 0 atom stereocenters. The lowest BCUT2D eigenvalue weighted by Gasteiger charge is -2.14. The fourth-order valence-corrected chi connectivity index (χ4v) is 3.14. The molecule has 3 aromatic carbocycles. The van der Waals surface area contributed by atoms with Crippen molar-refractivity contribution in [3.05, 3.63) is 95.6 Å². The van der Waals surface area contributed by atoms with E-state index >= 15 is 0 Å². The molecule has 154 valence electrons. The zero-order chi connectivity index (χ0) is 21.3. The van der Waals surface area contributed by atoms with Gasteiger partial charge in [-0.3, -0.25) is 9.59 Å². The molecule has 30 heavy (non-hydrogen) atoms. The third-order valence-corrected chi connectivity index (χ3v) is 4.73. The summed E-state index contributed by atoms with van der Waals surface area (Å²) in [6.45, 7) is 4.77. The molecule has 5 nitrogen and oxygen atoms in total. The van der Waals surface area contributed by atoms with Crippen molar-refractivity contribution in [3.8, 4) is 0 Å². The van der Waals surface area contributed by atoms with Gasteiger partial charge in [0.05, 0.1) is 6.54 Å². The summed E-state index contributed by atoms with van der Waals surface area (Å²) < 4.78 is 0. The van der Waals surface area contributed by atoms with Crippen LogP contribution in [0, 0.1) is 0 Å². The third kappa shape index (κ3) is 5.95. The van der Waals surface area contributed by atoms with Gasteiger partial charge in [0, 0.05) is 23.5 Å². The molecule has 0 aromatic heterocycles. The minimum Gasteiger partial charge on any atom is -0.376 e. The van der Waals surface area contributed by atoms with Crippen LogP contribution < -0.4 is 16.0 Å². The molecule has 5 heteroatoms. The van der Waals surface area contributed by atoms with Gasteiger partial charge in [0.25, 0.3) is 5.91 Å². The van der Waals surface area contributed by atoms with Crippen molar-refractivity contribution in [2.75, 3.05) is 17.2 Å². The molecule has 0 aliphatic rings. The molecule has 3 aromatic rings. The largest absolute Gasteiger partial charge is 0.376 e. The van der Waals surface area contributed by atoms with Crippen LogP contribution in [0.3, 0.4) is 0 Å². The number of benzene rings is 3. The Hall–Kier alpha value is -3.60. The van der Waals surface area contributed by atoms with Gasteiger partial charge in [0.2, 0.25) is 5.91 Å². The number of nitrogens with one attached hydrogen (secondary N) is 3. The highest BCUT2D eigenvalue weighted by atomic mass is 16.2. The van der Waals surface area contributed by atoms with E-state index in [4.69, 9.17) is 0 Å². The summed E-state index contributed by atoms with van der Waals surface area (Å²) >= 11 is 0. The molecule has 0 spiro atoms. The number of carbonyl (C=O) groups excluding carboxylic acids is 2. The summed E-state index contributed by atoms with van der Waals surface area (Å²) in [6, 6.07) is 24.7. The molecular weight excluding hydrogens is 374 g/mol. The minimum atomic E-state index is -0.155. The van der Waals surface area contributed by atoms with E-state index in [2.05, 4.69) is 29.8 Å². The summed E-state index contributed by atoms with van der Waals surface area (Å²) in [4.78, 5) is 24.8. The van der Waals surface area contributed by atoms with Gasteiger partial charge in [-0.1, -0.05) is 68.4 Å². The molecule has 0 heterocycles. The summed E-state index contributed by atoms with van der Waals surface area (Å²) in [7, 11) is 0. The second-order valence-electron chi connectivity index (χ2n) is 7.39. The van der Waals surface area contributed by atoms with Gasteiger partial charge in [-0.05, 0) is 41.3 Å². The highest BCUT2D eigenvalue weighted by molar-refractivity contribution is 5.96. The van der Waals surface area contributed by atoms with Crippen LogP contribution in [-0.2, 0) is 11.3 Å². The van der Waals surface area contributed by atoms with Crippen LogP contribution >= 0.6 is 0 Å². The first-order chi connectivity index (χ1) is 14.5. The first kappa shape index (κ1) is 21.1. The average Bonchev–Trinajstić information content (AvgIpc) is 2.77. The topological polar surface area (TPSA) is 70.2 Å². The molecule has 0 aliphatic heterocycles. The van der Waals surface area contributed by atoms with Crippen molar-refractivity contribution in [2.45, 2.75) is 26.3 Å². The Morgan fingerprint density at radius 3 is 2.37 bits per heavy atom. The standard InChI is InChI=1S/C25H27N3O2/c1-18(2)22-13-6-7-14-23(22)28-24(29)17-26-21-12-8-11-20(15-21)25(30)27-16-19-9-4-3-5-10-19/h3-15,18,26H,16-17H2,1-2H3,(H,27,30)(H,28,29). The molecule has 0 bridgehead atoms. The van der Waals surface area contributed by atoms with Crippen LogP contribution in [-0.4, -0.2) is 18.4 Å². The van der Waals surface area contributed by atoms with Crippen molar-refractivity contribution in [1.82, 2.24) is 5.32 Å². The number of hydrogen-bond acceptors (Lipinski definition) is 3. The maximum absolute atomic E-state index is 12.4. The molecular formula is C25H27N3O2. The minimum absolute atomic E-state index is 0.113. The van der Waals surface area contributed by atoms with Gasteiger partial charge < -0.3 is 16.0 Å². The SMILES string of the molecule is CC(C)c1ccccc1NC(=O)CNc1cccc(C(=O)NCc2ccccc2)c1. The zero-order valence-corrected chi connectivity index (χ0v) is 17.3. The van der Waals surface area contributed by atoms with E-state index in [9.17, 15) is 9.59 Å². The van der Waals surface area contributed by atoms with Crippen molar-refractivity contribution in [1.29, 1.82) is 0 Å². The van der Waals surface area contributed by atoms with Crippen molar-refractivity contribution in [2.24, 2.45) is 0 Å². The molecule has 0 aliphatic carbocycles. The number of rotatable bonds is 8. The predicted octanol–water partition coefficient (Wildman–Crippen LogP) is 4.79. The van der Waals surface area contributed by atoms with Crippen LogP contribution in [0.2, 0.25) is 0 Å². The highest BCUT2D eigenvalue weighted by Gasteiger charge is 2.10. The predicted molar refractivity (Wildman–Crippen MR) is 122 cm³/mol. The maximum Gasteiger partial charge on any atom is 0.251 e. The summed E-state index contributed by atoms with van der Waals surface area (Å²) in [5.41, 5.74) is 4.23. The van der Waals surface area contributed by atoms with Crippen molar-refractivity contribution < 1.29 is 9.59 Å². The normalized spacial score (nSPS) is 10.5.